The zero-order valence-electron chi connectivity index (χ0n) is 11.2. The summed E-state index contributed by atoms with van der Waals surface area (Å²) in [7, 11) is 0. The summed E-state index contributed by atoms with van der Waals surface area (Å²) in [6, 6.07) is 4.40. The highest BCUT2D eigenvalue weighted by Crippen LogP contribution is 2.23. The highest BCUT2D eigenvalue weighted by atomic mass is 79.9. The molecule has 0 aliphatic rings. The number of hydrogen-bond acceptors (Lipinski definition) is 3. The predicted molar refractivity (Wildman–Crippen MR) is 81.0 cm³/mol. The Bertz CT molecular complexity index is 497. The molecule has 2 rings (SSSR count). The molecule has 1 atom stereocenters. The maximum atomic E-state index is 4.29. The van der Waals surface area contributed by atoms with Crippen molar-refractivity contribution in [2.45, 2.75) is 26.3 Å². The molecule has 2 aromatic rings. The fraction of sp³-hybridized carbons (Fsp3) is 0.333. The Morgan fingerprint density at radius 3 is 2.42 bits per heavy atom. The van der Waals surface area contributed by atoms with Gasteiger partial charge in [0.1, 0.15) is 0 Å². The van der Waals surface area contributed by atoms with Crippen LogP contribution in [0.25, 0.3) is 0 Å². The third kappa shape index (κ3) is 3.85. The van der Waals surface area contributed by atoms with Gasteiger partial charge in [-0.25, -0.2) is 0 Å². The normalized spacial score (nSPS) is 12.4. The monoisotopic (exact) mass is 319 g/mol. The molecule has 2 aromatic heterocycles. The summed E-state index contributed by atoms with van der Waals surface area (Å²) in [5.74, 6) is 0. The maximum Gasteiger partial charge on any atom is 0.0607 e. The number of aryl methyl sites for hydroxylation is 1. The fourth-order valence-corrected chi connectivity index (χ4v) is 2.42. The fourth-order valence-electron chi connectivity index (χ4n) is 2.04. The number of nitrogens with zero attached hydrogens (tertiary/aromatic N) is 2. The lowest BCUT2D eigenvalue weighted by atomic mass is 10.0. The van der Waals surface area contributed by atoms with Crippen LogP contribution in [-0.2, 0) is 0 Å². The number of aromatic nitrogens is 2. The molecule has 0 radical (unpaired) electrons. The van der Waals surface area contributed by atoms with Crippen molar-refractivity contribution < 1.29 is 0 Å². The minimum Gasteiger partial charge on any atom is -0.306 e. The summed E-state index contributed by atoms with van der Waals surface area (Å²) >= 11 is 3.48. The Balaban J connectivity index is 2.35. The SMILES string of the molecule is CCCNC(c1cncc(C)c1)c1cncc(Br)c1. The summed E-state index contributed by atoms with van der Waals surface area (Å²) in [5.41, 5.74) is 3.49. The van der Waals surface area contributed by atoms with Crippen molar-refractivity contribution >= 4 is 15.9 Å². The zero-order valence-corrected chi connectivity index (χ0v) is 12.8. The molecular weight excluding hydrogens is 302 g/mol. The second kappa shape index (κ2) is 6.78. The third-order valence-corrected chi connectivity index (χ3v) is 3.32. The van der Waals surface area contributed by atoms with E-state index in [-0.39, 0.29) is 6.04 Å². The van der Waals surface area contributed by atoms with Crippen LogP contribution in [0.15, 0.2) is 41.4 Å². The van der Waals surface area contributed by atoms with E-state index >= 15 is 0 Å². The van der Waals surface area contributed by atoms with E-state index in [1.807, 2.05) is 18.6 Å². The van der Waals surface area contributed by atoms with Crippen LogP contribution in [0.5, 0.6) is 0 Å². The number of halogens is 1. The smallest absolute Gasteiger partial charge is 0.0607 e. The van der Waals surface area contributed by atoms with Crippen molar-refractivity contribution in [1.29, 1.82) is 0 Å². The minimum absolute atomic E-state index is 0.136. The molecule has 2 heterocycles. The van der Waals surface area contributed by atoms with Gasteiger partial charge in [0.05, 0.1) is 6.04 Å². The lowest BCUT2D eigenvalue weighted by Gasteiger charge is -2.19. The number of rotatable bonds is 5. The van der Waals surface area contributed by atoms with Gasteiger partial charge in [-0.15, -0.1) is 0 Å². The van der Waals surface area contributed by atoms with E-state index in [2.05, 4.69) is 57.2 Å². The first kappa shape index (κ1) is 14.2. The molecule has 4 heteroatoms. The Morgan fingerprint density at radius 1 is 1.11 bits per heavy atom. The first-order valence-electron chi connectivity index (χ1n) is 6.46. The maximum absolute atomic E-state index is 4.29. The summed E-state index contributed by atoms with van der Waals surface area (Å²) in [6.07, 6.45) is 8.59. The van der Waals surface area contributed by atoms with E-state index < -0.39 is 0 Å². The molecule has 0 aliphatic carbocycles. The molecule has 0 spiro atoms. The van der Waals surface area contributed by atoms with Crippen LogP contribution in [0, 0.1) is 6.92 Å². The van der Waals surface area contributed by atoms with Crippen molar-refractivity contribution in [3.8, 4) is 0 Å². The Labute approximate surface area is 122 Å². The average molecular weight is 320 g/mol. The van der Waals surface area contributed by atoms with Crippen molar-refractivity contribution in [3.05, 3.63) is 58.1 Å². The van der Waals surface area contributed by atoms with Crippen LogP contribution < -0.4 is 5.32 Å². The molecule has 0 bridgehead atoms. The number of pyridine rings is 2. The molecular formula is C15H18BrN3. The highest BCUT2D eigenvalue weighted by Gasteiger charge is 2.14. The van der Waals surface area contributed by atoms with Gasteiger partial charge in [-0.05, 0) is 58.6 Å². The molecule has 0 saturated carbocycles. The first-order chi connectivity index (χ1) is 9.20. The molecule has 1 N–H and O–H groups in total. The number of nitrogens with one attached hydrogen (secondary N) is 1. The van der Waals surface area contributed by atoms with Gasteiger partial charge in [0.2, 0.25) is 0 Å². The van der Waals surface area contributed by atoms with Crippen LogP contribution in [0.4, 0.5) is 0 Å². The van der Waals surface area contributed by atoms with Gasteiger partial charge in [-0.1, -0.05) is 13.0 Å². The molecule has 19 heavy (non-hydrogen) atoms. The predicted octanol–water partition coefficient (Wildman–Crippen LogP) is 3.64. The van der Waals surface area contributed by atoms with Crippen LogP contribution in [0.1, 0.15) is 36.1 Å². The van der Waals surface area contributed by atoms with Gasteiger partial charge in [-0.2, -0.15) is 0 Å². The Morgan fingerprint density at radius 2 is 1.79 bits per heavy atom. The van der Waals surface area contributed by atoms with Gasteiger partial charge in [-0.3, -0.25) is 9.97 Å². The van der Waals surface area contributed by atoms with Crippen LogP contribution in [0.2, 0.25) is 0 Å². The highest BCUT2D eigenvalue weighted by molar-refractivity contribution is 9.10. The van der Waals surface area contributed by atoms with Gasteiger partial charge in [0.25, 0.3) is 0 Å². The van der Waals surface area contributed by atoms with Gasteiger partial charge < -0.3 is 5.32 Å². The number of hydrogen-bond donors (Lipinski definition) is 1. The van der Waals surface area contributed by atoms with Crippen molar-refractivity contribution in [3.63, 3.8) is 0 Å². The molecule has 0 aliphatic heterocycles. The Kier molecular flexibility index (Phi) is 5.05. The van der Waals surface area contributed by atoms with Crippen molar-refractivity contribution in [2.24, 2.45) is 0 Å². The second-order valence-electron chi connectivity index (χ2n) is 4.62. The molecule has 0 saturated heterocycles. The van der Waals surface area contributed by atoms with Gasteiger partial charge in [0.15, 0.2) is 0 Å². The lowest BCUT2D eigenvalue weighted by molar-refractivity contribution is 0.595. The van der Waals surface area contributed by atoms with Crippen molar-refractivity contribution in [1.82, 2.24) is 15.3 Å². The lowest BCUT2D eigenvalue weighted by Crippen LogP contribution is -2.23. The van der Waals surface area contributed by atoms with Crippen LogP contribution in [0.3, 0.4) is 0 Å². The molecule has 1 unspecified atom stereocenters. The van der Waals surface area contributed by atoms with E-state index in [1.165, 1.54) is 11.1 Å². The van der Waals surface area contributed by atoms with E-state index in [4.69, 9.17) is 0 Å². The second-order valence-corrected chi connectivity index (χ2v) is 5.53. The molecule has 3 nitrogen and oxygen atoms in total. The van der Waals surface area contributed by atoms with Gasteiger partial charge in [0, 0.05) is 29.3 Å². The first-order valence-corrected chi connectivity index (χ1v) is 7.25. The topological polar surface area (TPSA) is 37.8 Å². The zero-order chi connectivity index (χ0) is 13.7. The summed E-state index contributed by atoms with van der Waals surface area (Å²) in [5, 5.41) is 3.56. The standard InChI is InChI=1S/C15H18BrN3/c1-3-4-19-15(12-5-11(2)7-17-8-12)13-6-14(16)10-18-9-13/h5-10,15,19H,3-4H2,1-2H3. The van der Waals surface area contributed by atoms with Crippen LogP contribution >= 0.6 is 15.9 Å². The molecule has 0 amide bonds. The molecule has 0 aromatic carbocycles. The summed E-state index contributed by atoms with van der Waals surface area (Å²) in [6.45, 7) is 5.19. The summed E-state index contributed by atoms with van der Waals surface area (Å²) in [4.78, 5) is 8.54. The summed E-state index contributed by atoms with van der Waals surface area (Å²) < 4.78 is 0.994. The molecule has 100 valence electrons. The van der Waals surface area contributed by atoms with Gasteiger partial charge >= 0.3 is 0 Å². The van der Waals surface area contributed by atoms with Crippen LogP contribution in [-0.4, -0.2) is 16.5 Å². The van der Waals surface area contributed by atoms with E-state index in [1.54, 1.807) is 6.20 Å². The third-order valence-electron chi connectivity index (χ3n) is 2.89. The largest absolute Gasteiger partial charge is 0.306 e. The van der Waals surface area contributed by atoms with Crippen molar-refractivity contribution in [2.75, 3.05) is 6.54 Å². The van der Waals surface area contributed by atoms with E-state index in [9.17, 15) is 0 Å². The molecule has 0 fully saturated rings. The van der Waals surface area contributed by atoms with E-state index in [0.717, 1.165) is 23.0 Å². The quantitative estimate of drug-likeness (QED) is 0.914. The minimum atomic E-state index is 0.136. The van der Waals surface area contributed by atoms with E-state index in [0.29, 0.717) is 0 Å². The Hall–Kier alpha value is -1.26. The average Bonchev–Trinajstić information content (AvgIpc) is 2.39.